The quantitative estimate of drug-likeness (QED) is 0.449. The van der Waals surface area contributed by atoms with E-state index in [1.165, 1.54) is 7.05 Å². The van der Waals surface area contributed by atoms with E-state index in [9.17, 15) is 36.0 Å². The second-order valence-corrected chi connectivity index (χ2v) is 6.43. The summed E-state index contributed by atoms with van der Waals surface area (Å²) in [5, 5.41) is 3.91. The number of benzene rings is 1. The zero-order chi connectivity index (χ0) is 20.1. The van der Waals surface area contributed by atoms with Gasteiger partial charge in [-0.1, -0.05) is 0 Å². The Morgan fingerprint density at radius 2 is 1.77 bits per heavy atom. The number of hydrogen-bond acceptors (Lipinski definition) is 6. The fourth-order valence-electron chi connectivity index (χ4n) is 1.52. The number of hydrogen-bond donors (Lipinski definition) is 3. The molecule has 0 fully saturated rings. The Bertz CT molecular complexity index is 831. The summed E-state index contributed by atoms with van der Waals surface area (Å²) in [6, 6.07) is 0.0181. The number of carbonyl (C=O) groups is 3. The molecule has 0 aliphatic carbocycles. The topological polar surface area (TPSA) is 131 Å². The van der Waals surface area contributed by atoms with Gasteiger partial charge in [0.2, 0.25) is 10.0 Å². The molecule has 0 bridgehead atoms. The van der Waals surface area contributed by atoms with Crippen LogP contribution in [0.2, 0.25) is 0 Å². The number of amides is 3. The molecule has 0 aliphatic rings. The van der Waals surface area contributed by atoms with Gasteiger partial charge in [-0.25, -0.2) is 26.4 Å². The van der Waals surface area contributed by atoms with Gasteiger partial charge in [0, 0.05) is 7.05 Å². The number of esters is 1. The van der Waals surface area contributed by atoms with E-state index in [-0.39, 0.29) is 0 Å². The lowest BCUT2D eigenvalue weighted by Gasteiger charge is -2.13. The lowest BCUT2D eigenvalue weighted by molar-refractivity contribution is -0.153. The van der Waals surface area contributed by atoms with Crippen LogP contribution < -0.4 is 15.4 Å². The number of imide groups is 1. The fourth-order valence-corrected chi connectivity index (χ4v) is 2.55. The Morgan fingerprint density at radius 1 is 1.15 bits per heavy atom. The van der Waals surface area contributed by atoms with Crippen LogP contribution in [0.1, 0.15) is 6.92 Å². The molecule has 1 aromatic rings. The van der Waals surface area contributed by atoms with Crippen LogP contribution in [-0.4, -0.2) is 46.0 Å². The van der Waals surface area contributed by atoms with Gasteiger partial charge in [0.25, 0.3) is 5.91 Å². The molecular weight excluding hydrogens is 383 g/mol. The van der Waals surface area contributed by atoms with Crippen LogP contribution in [0.15, 0.2) is 17.0 Å². The minimum absolute atomic E-state index is 0.399. The van der Waals surface area contributed by atoms with Gasteiger partial charge >= 0.3 is 12.0 Å². The van der Waals surface area contributed by atoms with E-state index in [4.69, 9.17) is 0 Å². The molecule has 1 atom stereocenters. The van der Waals surface area contributed by atoms with Crippen LogP contribution in [-0.2, 0) is 24.3 Å². The molecular formula is C13H14F3N3O6S. The maximum absolute atomic E-state index is 13.5. The third-order valence-corrected chi connectivity index (χ3v) is 4.26. The first-order chi connectivity index (χ1) is 12.0. The Hall–Kier alpha value is -2.67. The van der Waals surface area contributed by atoms with E-state index < -0.39 is 62.9 Å². The van der Waals surface area contributed by atoms with Gasteiger partial charge in [0.1, 0.15) is 11.4 Å². The van der Waals surface area contributed by atoms with Gasteiger partial charge in [-0.05, 0) is 19.1 Å². The zero-order valence-corrected chi connectivity index (χ0v) is 14.2. The molecule has 0 spiro atoms. The fraction of sp³-hybridized carbons (Fsp3) is 0.308. The summed E-state index contributed by atoms with van der Waals surface area (Å²) in [7, 11) is -3.46. The van der Waals surface area contributed by atoms with Crippen molar-refractivity contribution in [3.8, 4) is 0 Å². The van der Waals surface area contributed by atoms with E-state index in [0.29, 0.717) is 12.1 Å². The molecule has 0 aliphatic heterocycles. The average Bonchev–Trinajstić information content (AvgIpc) is 2.57. The maximum atomic E-state index is 13.5. The van der Waals surface area contributed by atoms with Crippen molar-refractivity contribution in [2.75, 3.05) is 13.6 Å². The average molecular weight is 397 g/mol. The van der Waals surface area contributed by atoms with Crippen molar-refractivity contribution in [1.29, 1.82) is 0 Å². The molecule has 0 heterocycles. The predicted octanol–water partition coefficient (Wildman–Crippen LogP) is -0.231. The number of ether oxygens (including phenoxy) is 1. The summed E-state index contributed by atoms with van der Waals surface area (Å²) < 4.78 is 69.3. The molecule has 0 radical (unpaired) electrons. The SMILES string of the molecule is CNC(=O)NC(=O)C(C)OC(=O)CNS(=O)(=O)c1ccc(F)c(F)c1F. The summed E-state index contributed by atoms with van der Waals surface area (Å²) in [5.74, 6) is -7.75. The molecule has 3 N–H and O–H groups in total. The van der Waals surface area contributed by atoms with Gasteiger partial charge in [0.05, 0.1) is 0 Å². The zero-order valence-electron chi connectivity index (χ0n) is 13.4. The minimum Gasteiger partial charge on any atom is -0.452 e. The van der Waals surface area contributed by atoms with Crippen molar-refractivity contribution in [3.05, 3.63) is 29.6 Å². The van der Waals surface area contributed by atoms with Crippen LogP contribution in [0, 0.1) is 17.5 Å². The number of rotatable bonds is 6. The Balaban J connectivity index is 2.71. The van der Waals surface area contributed by atoms with Crippen molar-refractivity contribution >= 4 is 27.9 Å². The smallest absolute Gasteiger partial charge is 0.321 e. The Morgan fingerprint density at radius 3 is 2.35 bits per heavy atom. The van der Waals surface area contributed by atoms with Crippen LogP contribution in [0.5, 0.6) is 0 Å². The molecule has 0 aromatic heterocycles. The molecule has 26 heavy (non-hydrogen) atoms. The molecule has 1 aromatic carbocycles. The molecule has 0 saturated heterocycles. The van der Waals surface area contributed by atoms with Crippen molar-refractivity contribution in [2.45, 2.75) is 17.9 Å². The third-order valence-electron chi connectivity index (χ3n) is 2.84. The number of halogens is 3. The molecule has 13 heteroatoms. The summed E-state index contributed by atoms with van der Waals surface area (Å²) >= 11 is 0. The van der Waals surface area contributed by atoms with Crippen molar-refractivity contribution in [2.24, 2.45) is 0 Å². The van der Waals surface area contributed by atoms with E-state index in [2.05, 4.69) is 10.1 Å². The first-order valence-electron chi connectivity index (χ1n) is 6.84. The van der Waals surface area contributed by atoms with E-state index in [1.807, 2.05) is 5.32 Å². The Kier molecular flexibility index (Phi) is 7.09. The monoisotopic (exact) mass is 397 g/mol. The van der Waals surface area contributed by atoms with Gasteiger partial charge in [-0.15, -0.1) is 0 Å². The van der Waals surface area contributed by atoms with Crippen molar-refractivity contribution in [3.63, 3.8) is 0 Å². The largest absolute Gasteiger partial charge is 0.452 e. The Labute approximate surface area is 145 Å². The predicted molar refractivity (Wildman–Crippen MR) is 79.7 cm³/mol. The van der Waals surface area contributed by atoms with Crippen LogP contribution in [0.3, 0.4) is 0 Å². The highest BCUT2D eigenvalue weighted by Gasteiger charge is 2.26. The van der Waals surface area contributed by atoms with E-state index in [0.717, 1.165) is 6.92 Å². The van der Waals surface area contributed by atoms with Crippen LogP contribution in [0.25, 0.3) is 0 Å². The van der Waals surface area contributed by atoms with Crippen molar-refractivity contribution in [1.82, 2.24) is 15.4 Å². The molecule has 144 valence electrons. The molecule has 0 saturated carbocycles. The van der Waals surface area contributed by atoms with Gasteiger partial charge in [-0.3, -0.25) is 14.9 Å². The number of carbonyl (C=O) groups excluding carboxylic acids is 3. The van der Waals surface area contributed by atoms with E-state index in [1.54, 1.807) is 4.72 Å². The highest BCUT2D eigenvalue weighted by Crippen LogP contribution is 2.19. The number of sulfonamides is 1. The van der Waals surface area contributed by atoms with Gasteiger partial charge in [-0.2, -0.15) is 4.72 Å². The van der Waals surface area contributed by atoms with Crippen LogP contribution in [0.4, 0.5) is 18.0 Å². The van der Waals surface area contributed by atoms with Gasteiger partial charge in [0.15, 0.2) is 23.6 Å². The first kappa shape index (κ1) is 21.4. The molecule has 1 unspecified atom stereocenters. The normalized spacial score (nSPS) is 12.2. The molecule has 3 amide bonds. The highest BCUT2D eigenvalue weighted by atomic mass is 32.2. The van der Waals surface area contributed by atoms with E-state index >= 15 is 0 Å². The minimum atomic E-state index is -4.70. The van der Waals surface area contributed by atoms with Gasteiger partial charge < -0.3 is 10.1 Å². The van der Waals surface area contributed by atoms with Crippen molar-refractivity contribution < 1.29 is 40.7 Å². The summed E-state index contributed by atoms with van der Waals surface area (Å²) in [6.45, 7) is 0.0814. The first-order valence-corrected chi connectivity index (χ1v) is 8.33. The lowest BCUT2D eigenvalue weighted by Crippen LogP contribution is -2.44. The number of nitrogens with one attached hydrogen (secondary N) is 3. The second-order valence-electron chi connectivity index (χ2n) is 4.70. The van der Waals surface area contributed by atoms with Crippen LogP contribution >= 0.6 is 0 Å². The summed E-state index contributed by atoms with van der Waals surface area (Å²) in [5.41, 5.74) is 0. The molecule has 1 rings (SSSR count). The maximum Gasteiger partial charge on any atom is 0.321 e. The molecule has 9 nitrogen and oxygen atoms in total. The highest BCUT2D eigenvalue weighted by molar-refractivity contribution is 7.89. The summed E-state index contributed by atoms with van der Waals surface area (Å²) in [6.07, 6.45) is -1.44. The number of urea groups is 1. The second kappa shape index (κ2) is 8.62. The standard InChI is InChI=1S/C13H14F3N3O6S/c1-6(12(21)19-13(22)17-2)25-9(20)5-18-26(23,24)8-4-3-7(14)10(15)11(8)16/h3-4,6,18H,5H2,1-2H3,(H2,17,19,21,22). The third kappa shape index (κ3) is 5.42. The lowest BCUT2D eigenvalue weighted by atomic mass is 10.3. The summed E-state index contributed by atoms with van der Waals surface area (Å²) in [4.78, 5) is 32.7.